The molecule has 0 N–H and O–H groups in total. The van der Waals surface area contributed by atoms with Gasteiger partial charge in [-0.1, -0.05) is 0 Å². The van der Waals surface area contributed by atoms with E-state index in [2.05, 4.69) is 30.3 Å². The standard InChI is InChI=1S/C15H11BO/c1-2-6-12(7-3-1)10-11-15-13-8-4-5-9-14(13)16-17-15/h1-11H/b11-10+. The van der Waals surface area contributed by atoms with Crippen molar-refractivity contribution in [3.63, 3.8) is 0 Å². The molecule has 2 aromatic carbocycles. The fraction of sp³-hybridized carbons (Fsp3) is 0. The second kappa shape index (κ2) is 4.42. The van der Waals surface area contributed by atoms with Crippen molar-refractivity contribution in [2.45, 2.75) is 0 Å². The molecule has 0 saturated heterocycles. The molecule has 80 valence electrons. The third kappa shape index (κ3) is 2.07. The average molecular weight is 218 g/mol. The van der Waals surface area contributed by atoms with E-state index in [-0.39, 0.29) is 0 Å². The van der Waals surface area contributed by atoms with Gasteiger partial charge in [0.2, 0.25) is 0 Å². The minimum atomic E-state index is 0.907. The van der Waals surface area contributed by atoms with E-state index in [4.69, 9.17) is 4.33 Å². The zero-order valence-corrected chi connectivity index (χ0v) is 9.34. The molecule has 0 unspecified atom stereocenters. The number of hydrogen-bond acceptors (Lipinski definition) is 1. The summed E-state index contributed by atoms with van der Waals surface area (Å²) in [4.78, 5) is 0. The zero-order valence-electron chi connectivity index (χ0n) is 9.34. The van der Waals surface area contributed by atoms with Crippen molar-refractivity contribution in [2.24, 2.45) is 0 Å². The first kappa shape index (κ1) is 10.1. The van der Waals surface area contributed by atoms with Crippen molar-refractivity contribution in [1.82, 2.24) is 0 Å². The van der Waals surface area contributed by atoms with Gasteiger partial charge in [-0.3, -0.25) is 0 Å². The van der Waals surface area contributed by atoms with E-state index in [0.717, 1.165) is 16.4 Å². The van der Waals surface area contributed by atoms with Gasteiger partial charge in [0.1, 0.15) is 0 Å². The monoisotopic (exact) mass is 218 g/mol. The van der Waals surface area contributed by atoms with E-state index in [0.29, 0.717) is 0 Å². The molecule has 1 heterocycles. The number of benzene rings is 2. The summed E-state index contributed by atoms with van der Waals surface area (Å²) in [6, 6.07) is 18.4. The molecule has 3 aromatic rings. The minimum absolute atomic E-state index is 0.907. The van der Waals surface area contributed by atoms with Crippen LogP contribution in [0.3, 0.4) is 0 Å². The molecule has 1 nitrogen and oxygen atoms in total. The van der Waals surface area contributed by atoms with Crippen LogP contribution < -0.4 is 0 Å². The fourth-order valence-corrected chi connectivity index (χ4v) is 1.88. The second-order valence-electron chi connectivity index (χ2n) is 3.93. The SMILES string of the molecule is b1oc(/C=C/c2ccccc2)c2ccccc12. The third-order valence-electron chi connectivity index (χ3n) is 2.77. The number of hydrogen-bond donors (Lipinski definition) is 0. The van der Waals surface area contributed by atoms with Gasteiger partial charge in [0.15, 0.2) is 0 Å². The van der Waals surface area contributed by atoms with Crippen LogP contribution in [-0.2, 0) is 0 Å². The summed E-state index contributed by atoms with van der Waals surface area (Å²) in [5, 5.41) is 2.29. The van der Waals surface area contributed by atoms with Crippen molar-refractivity contribution in [3.8, 4) is 0 Å². The Kier molecular flexibility index (Phi) is 2.62. The van der Waals surface area contributed by atoms with Crippen molar-refractivity contribution in [1.29, 1.82) is 0 Å². The maximum absolute atomic E-state index is 5.55. The number of fused-ring (bicyclic) bond motifs is 1. The van der Waals surface area contributed by atoms with E-state index in [1.54, 1.807) is 7.13 Å². The van der Waals surface area contributed by atoms with Gasteiger partial charge in [-0.2, -0.15) is 0 Å². The van der Waals surface area contributed by atoms with E-state index in [1.807, 2.05) is 36.4 Å². The van der Waals surface area contributed by atoms with E-state index < -0.39 is 0 Å². The first-order valence-corrected chi connectivity index (χ1v) is 5.63. The average Bonchev–Trinajstić information content (AvgIpc) is 2.81. The first-order valence-electron chi connectivity index (χ1n) is 5.63. The van der Waals surface area contributed by atoms with E-state index in [9.17, 15) is 0 Å². The number of rotatable bonds is 2. The third-order valence-corrected chi connectivity index (χ3v) is 2.77. The molecule has 0 atom stereocenters. The Hall–Kier alpha value is -2.09. The zero-order chi connectivity index (χ0) is 11.5. The second-order valence-corrected chi connectivity index (χ2v) is 3.93. The molecule has 0 aliphatic heterocycles. The van der Waals surface area contributed by atoms with Crippen molar-refractivity contribution in [3.05, 3.63) is 65.9 Å². The Morgan fingerprint density at radius 2 is 1.59 bits per heavy atom. The Balaban J connectivity index is 1.98. The summed E-state index contributed by atoms with van der Waals surface area (Å²) in [5.41, 5.74) is 1.17. The Bertz CT molecular complexity index is 653. The van der Waals surface area contributed by atoms with Crippen LogP contribution in [0.5, 0.6) is 0 Å². The summed E-state index contributed by atoms with van der Waals surface area (Å²) in [6.07, 6.45) is 4.07. The molecule has 0 bridgehead atoms. The van der Waals surface area contributed by atoms with Crippen LogP contribution in [0.4, 0.5) is 0 Å². The van der Waals surface area contributed by atoms with Gasteiger partial charge in [0.25, 0.3) is 0 Å². The molecule has 0 spiro atoms. The summed E-state index contributed by atoms with van der Waals surface area (Å²) in [6.45, 7) is 0. The summed E-state index contributed by atoms with van der Waals surface area (Å²) in [5.74, 6) is 0.907. The van der Waals surface area contributed by atoms with Gasteiger partial charge in [-0.15, -0.1) is 0 Å². The van der Waals surface area contributed by atoms with Gasteiger partial charge < -0.3 is 0 Å². The van der Waals surface area contributed by atoms with Crippen molar-refractivity contribution in [2.75, 3.05) is 0 Å². The Morgan fingerprint density at radius 1 is 0.824 bits per heavy atom. The molecule has 0 aliphatic carbocycles. The molecule has 0 fully saturated rings. The topological polar surface area (TPSA) is 13.1 Å². The molecule has 0 saturated carbocycles. The van der Waals surface area contributed by atoms with Crippen LogP contribution in [0.1, 0.15) is 11.3 Å². The van der Waals surface area contributed by atoms with Gasteiger partial charge in [0, 0.05) is 0 Å². The van der Waals surface area contributed by atoms with Gasteiger partial charge in [0.05, 0.1) is 0 Å². The van der Waals surface area contributed by atoms with E-state index in [1.165, 1.54) is 5.56 Å². The molecule has 0 radical (unpaired) electrons. The molecular formula is C15H11BO. The molecule has 1 aromatic heterocycles. The van der Waals surface area contributed by atoms with Crippen LogP contribution in [-0.4, -0.2) is 7.13 Å². The van der Waals surface area contributed by atoms with Crippen LogP contribution in [0.25, 0.3) is 22.8 Å². The van der Waals surface area contributed by atoms with Gasteiger partial charge in [-0.05, 0) is 0 Å². The molecule has 0 aliphatic rings. The van der Waals surface area contributed by atoms with Crippen LogP contribution in [0, 0.1) is 0 Å². The maximum atomic E-state index is 5.55. The predicted octanol–water partition coefficient (Wildman–Crippen LogP) is 3.94. The fourth-order valence-electron chi connectivity index (χ4n) is 1.88. The van der Waals surface area contributed by atoms with Crippen molar-refractivity contribution >= 4 is 29.9 Å². The predicted molar refractivity (Wildman–Crippen MR) is 72.9 cm³/mol. The summed E-state index contributed by atoms with van der Waals surface area (Å²) >= 11 is 0. The quantitative estimate of drug-likeness (QED) is 0.634. The van der Waals surface area contributed by atoms with Crippen LogP contribution >= 0.6 is 0 Å². The normalized spacial score (nSPS) is 11.1. The summed E-state index contributed by atoms with van der Waals surface area (Å²) < 4.78 is 5.55. The van der Waals surface area contributed by atoms with E-state index >= 15 is 0 Å². The van der Waals surface area contributed by atoms with Gasteiger partial charge >= 0.3 is 100 Å². The Labute approximate surface area is 101 Å². The molecule has 3 rings (SSSR count). The Morgan fingerprint density at radius 3 is 2.47 bits per heavy atom. The van der Waals surface area contributed by atoms with Crippen LogP contribution in [0.15, 0.2) is 58.9 Å². The molecule has 2 heteroatoms. The molecule has 0 amide bonds. The van der Waals surface area contributed by atoms with Crippen molar-refractivity contribution < 1.29 is 4.33 Å². The van der Waals surface area contributed by atoms with Crippen LogP contribution in [0.2, 0.25) is 0 Å². The molecular weight excluding hydrogens is 207 g/mol. The van der Waals surface area contributed by atoms with Gasteiger partial charge in [-0.25, -0.2) is 0 Å². The first-order chi connectivity index (χ1) is 8.43. The summed E-state index contributed by atoms with van der Waals surface area (Å²) in [7, 11) is 1.79. The molecule has 17 heavy (non-hydrogen) atoms.